The lowest BCUT2D eigenvalue weighted by atomic mass is 10.1. The third kappa shape index (κ3) is 1.11. The van der Waals surface area contributed by atoms with Gasteiger partial charge in [0.25, 0.3) is 0 Å². The molecule has 66 valence electrons. The average molecular weight is 170 g/mol. The van der Waals surface area contributed by atoms with E-state index in [0.29, 0.717) is 6.42 Å². The number of aromatic hydroxyl groups is 4. The molecule has 0 heterocycles. The minimum Gasteiger partial charge on any atom is -0.507 e. The van der Waals surface area contributed by atoms with E-state index in [9.17, 15) is 5.11 Å². The lowest BCUT2D eigenvalue weighted by molar-refractivity contribution is 0.357. The summed E-state index contributed by atoms with van der Waals surface area (Å²) in [6.07, 6.45) is 0.380. The maximum absolute atomic E-state index is 9.19. The van der Waals surface area contributed by atoms with Crippen LogP contribution in [0.2, 0.25) is 0 Å². The predicted molar refractivity (Wildman–Crippen MR) is 42.5 cm³/mol. The average Bonchev–Trinajstić information content (AvgIpc) is 2.01. The van der Waals surface area contributed by atoms with Gasteiger partial charge in [-0.25, -0.2) is 0 Å². The molecule has 0 aromatic heterocycles. The normalized spacial score (nSPS) is 10.1. The summed E-state index contributed by atoms with van der Waals surface area (Å²) < 4.78 is 0. The molecule has 0 bridgehead atoms. The molecule has 0 fully saturated rings. The molecule has 0 saturated heterocycles. The summed E-state index contributed by atoms with van der Waals surface area (Å²) in [6.45, 7) is 1.71. The lowest BCUT2D eigenvalue weighted by Crippen LogP contribution is -1.84. The van der Waals surface area contributed by atoms with Crippen LogP contribution in [0.3, 0.4) is 0 Å². The molecular weight excluding hydrogens is 160 g/mol. The van der Waals surface area contributed by atoms with E-state index >= 15 is 0 Å². The number of rotatable bonds is 1. The van der Waals surface area contributed by atoms with Gasteiger partial charge in [-0.1, -0.05) is 6.92 Å². The van der Waals surface area contributed by atoms with Gasteiger partial charge in [0, 0.05) is 11.6 Å². The second-order valence-electron chi connectivity index (χ2n) is 2.44. The van der Waals surface area contributed by atoms with E-state index in [2.05, 4.69) is 0 Å². The molecule has 1 rings (SSSR count). The van der Waals surface area contributed by atoms with Gasteiger partial charge in [-0.2, -0.15) is 0 Å². The van der Waals surface area contributed by atoms with Crippen LogP contribution in [0, 0.1) is 0 Å². The van der Waals surface area contributed by atoms with Crippen molar-refractivity contribution in [2.45, 2.75) is 13.3 Å². The molecule has 0 atom stereocenters. The van der Waals surface area contributed by atoms with Gasteiger partial charge in [0.1, 0.15) is 5.75 Å². The van der Waals surface area contributed by atoms with Crippen molar-refractivity contribution in [2.24, 2.45) is 0 Å². The summed E-state index contributed by atoms with van der Waals surface area (Å²) in [7, 11) is 0. The molecule has 4 heteroatoms. The van der Waals surface area contributed by atoms with Crippen molar-refractivity contribution in [1.82, 2.24) is 0 Å². The summed E-state index contributed by atoms with van der Waals surface area (Å²) in [5.74, 6) is -1.80. The Morgan fingerprint density at radius 3 is 2.08 bits per heavy atom. The first-order valence-corrected chi connectivity index (χ1v) is 3.53. The Morgan fingerprint density at radius 2 is 1.58 bits per heavy atom. The van der Waals surface area contributed by atoms with Crippen LogP contribution in [0.25, 0.3) is 0 Å². The summed E-state index contributed by atoms with van der Waals surface area (Å²) >= 11 is 0. The van der Waals surface area contributed by atoms with Crippen molar-refractivity contribution < 1.29 is 20.4 Å². The van der Waals surface area contributed by atoms with Crippen LogP contribution < -0.4 is 0 Å². The van der Waals surface area contributed by atoms with Crippen molar-refractivity contribution in [3.05, 3.63) is 11.6 Å². The Hall–Kier alpha value is -1.58. The number of benzene rings is 1. The number of hydrogen-bond acceptors (Lipinski definition) is 4. The van der Waals surface area contributed by atoms with Crippen LogP contribution in [-0.4, -0.2) is 20.4 Å². The summed E-state index contributed by atoms with van der Waals surface area (Å²) in [4.78, 5) is 0. The molecule has 0 unspecified atom stereocenters. The second-order valence-corrected chi connectivity index (χ2v) is 2.44. The summed E-state index contributed by atoms with van der Waals surface area (Å²) in [6, 6.07) is 0.994. The van der Waals surface area contributed by atoms with Crippen molar-refractivity contribution in [1.29, 1.82) is 0 Å². The number of phenolic OH excluding ortho intramolecular Hbond substituents is 4. The Morgan fingerprint density at radius 1 is 1.00 bits per heavy atom. The molecule has 0 spiro atoms. The maximum atomic E-state index is 9.19. The van der Waals surface area contributed by atoms with Gasteiger partial charge in [-0.15, -0.1) is 0 Å². The van der Waals surface area contributed by atoms with Crippen molar-refractivity contribution >= 4 is 0 Å². The molecule has 4 N–H and O–H groups in total. The minimum atomic E-state index is -0.593. The van der Waals surface area contributed by atoms with Crippen LogP contribution in [0.15, 0.2) is 6.07 Å². The van der Waals surface area contributed by atoms with Gasteiger partial charge < -0.3 is 20.4 Å². The second kappa shape index (κ2) is 2.81. The molecule has 4 nitrogen and oxygen atoms in total. The minimum absolute atomic E-state index is 0.217. The maximum Gasteiger partial charge on any atom is 0.200 e. The first-order valence-electron chi connectivity index (χ1n) is 3.53. The first-order chi connectivity index (χ1) is 5.57. The number of hydrogen-bond donors (Lipinski definition) is 4. The van der Waals surface area contributed by atoms with Crippen LogP contribution in [0.4, 0.5) is 0 Å². The van der Waals surface area contributed by atoms with Crippen LogP contribution in [-0.2, 0) is 6.42 Å². The predicted octanol–water partition coefficient (Wildman–Crippen LogP) is 1.07. The van der Waals surface area contributed by atoms with Gasteiger partial charge in [-0.3, -0.25) is 0 Å². The number of phenols is 4. The standard InChI is InChI=1S/C8H10O4/c1-2-4-5(9)3-6(10)8(12)7(4)11/h3,9-12H,2H2,1H3. The molecule has 0 aliphatic carbocycles. The van der Waals surface area contributed by atoms with Crippen molar-refractivity contribution in [3.63, 3.8) is 0 Å². The van der Waals surface area contributed by atoms with Crippen LogP contribution in [0.1, 0.15) is 12.5 Å². The largest absolute Gasteiger partial charge is 0.507 e. The monoisotopic (exact) mass is 170 g/mol. The van der Waals surface area contributed by atoms with E-state index in [1.165, 1.54) is 0 Å². The third-order valence-corrected chi connectivity index (χ3v) is 1.69. The Labute approximate surface area is 69.3 Å². The Balaban J connectivity index is 3.40. The zero-order chi connectivity index (χ0) is 9.30. The molecule has 12 heavy (non-hydrogen) atoms. The molecule has 1 aromatic rings. The molecule has 0 aliphatic heterocycles. The molecule has 0 saturated carbocycles. The van der Waals surface area contributed by atoms with Gasteiger partial charge >= 0.3 is 0 Å². The molecule has 1 aromatic carbocycles. The van der Waals surface area contributed by atoms with Gasteiger partial charge in [0.15, 0.2) is 11.5 Å². The highest BCUT2D eigenvalue weighted by molar-refractivity contribution is 5.58. The van der Waals surface area contributed by atoms with E-state index in [4.69, 9.17) is 15.3 Å². The zero-order valence-electron chi connectivity index (χ0n) is 6.57. The topological polar surface area (TPSA) is 80.9 Å². The Bertz CT molecular complexity index is 306. The fourth-order valence-corrected chi connectivity index (χ4v) is 1.02. The smallest absolute Gasteiger partial charge is 0.200 e. The molecule has 0 amide bonds. The Kier molecular flexibility index (Phi) is 1.99. The highest BCUT2D eigenvalue weighted by atomic mass is 16.3. The fourth-order valence-electron chi connectivity index (χ4n) is 1.02. The fraction of sp³-hybridized carbons (Fsp3) is 0.250. The van der Waals surface area contributed by atoms with Gasteiger partial charge in [0.05, 0.1) is 0 Å². The summed E-state index contributed by atoms with van der Waals surface area (Å²) in [5.41, 5.74) is 0.227. The summed E-state index contributed by atoms with van der Waals surface area (Å²) in [5, 5.41) is 36.3. The van der Waals surface area contributed by atoms with Crippen molar-refractivity contribution in [2.75, 3.05) is 0 Å². The zero-order valence-corrected chi connectivity index (χ0v) is 6.57. The van der Waals surface area contributed by atoms with Crippen molar-refractivity contribution in [3.8, 4) is 23.0 Å². The van der Waals surface area contributed by atoms with E-state index < -0.39 is 17.2 Å². The quantitative estimate of drug-likeness (QED) is 0.375. The third-order valence-electron chi connectivity index (χ3n) is 1.69. The molecule has 0 aliphatic rings. The van der Waals surface area contributed by atoms with Gasteiger partial charge in [-0.05, 0) is 6.42 Å². The van der Waals surface area contributed by atoms with Crippen LogP contribution in [0.5, 0.6) is 23.0 Å². The molecular formula is C8H10O4. The molecule has 0 radical (unpaired) electrons. The van der Waals surface area contributed by atoms with E-state index in [1.54, 1.807) is 6.92 Å². The lowest BCUT2D eigenvalue weighted by Gasteiger charge is -2.07. The first kappa shape index (κ1) is 8.52. The van der Waals surface area contributed by atoms with Crippen LogP contribution >= 0.6 is 0 Å². The highest BCUT2D eigenvalue weighted by Crippen LogP contribution is 2.42. The SMILES string of the molecule is CCc1c(O)cc(O)c(O)c1O. The van der Waals surface area contributed by atoms with E-state index in [-0.39, 0.29) is 11.3 Å². The van der Waals surface area contributed by atoms with E-state index in [0.717, 1.165) is 6.07 Å². The highest BCUT2D eigenvalue weighted by Gasteiger charge is 2.14. The van der Waals surface area contributed by atoms with E-state index in [1.807, 2.05) is 0 Å². The van der Waals surface area contributed by atoms with Gasteiger partial charge in [0.2, 0.25) is 5.75 Å².